The smallest absolute Gasteiger partial charge is 0.262 e. The summed E-state index contributed by atoms with van der Waals surface area (Å²) in [5.74, 6) is 0.279. The Morgan fingerprint density at radius 2 is 1.88 bits per heavy atom. The molecule has 3 heterocycles. The van der Waals surface area contributed by atoms with Gasteiger partial charge in [0, 0.05) is 50.1 Å². The summed E-state index contributed by atoms with van der Waals surface area (Å²) >= 11 is 13.7. The molecule has 4 aromatic rings. The van der Waals surface area contributed by atoms with Crippen molar-refractivity contribution >= 4 is 56.3 Å². The molecule has 2 aromatic heterocycles. The summed E-state index contributed by atoms with van der Waals surface area (Å²) < 4.78 is 6.49. The molecule has 1 aliphatic heterocycles. The van der Waals surface area contributed by atoms with Crippen LogP contribution in [0.25, 0.3) is 21.2 Å². The summed E-state index contributed by atoms with van der Waals surface area (Å²) in [4.78, 5) is 30.7. The number of pyridine rings is 1. The first-order valence-electron chi connectivity index (χ1n) is 10.3. The first kappa shape index (κ1) is 21.9. The lowest BCUT2D eigenvalue weighted by Gasteiger charge is -2.26. The summed E-state index contributed by atoms with van der Waals surface area (Å²) in [6.07, 6.45) is 3.97. The number of fused-ring (bicyclic) bond motifs is 2. The number of carbonyl (C=O) groups is 2. The average Bonchev–Trinajstić information content (AvgIpc) is 3.19. The summed E-state index contributed by atoms with van der Waals surface area (Å²) in [7, 11) is 0. The van der Waals surface area contributed by atoms with Crippen molar-refractivity contribution in [1.82, 2.24) is 10.3 Å². The predicted octanol–water partition coefficient (Wildman–Crippen LogP) is 6.73. The zero-order valence-corrected chi connectivity index (χ0v) is 19.9. The normalized spacial score (nSPS) is 15.1. The Bertz CT molecular complexity index is 1400. The van der Waals surface area contributed by atoms with E-state index in [4.69, 9.17) is 27.9 Å². The van der Waals surface area contributed by atoms with E-state index in [0.717, 1.165) is 27.1 Å². The third-order valence-corrected chi connectivity index (χ3v) is 7.27. The molecule has 2 aromatic carbocycles. The van der Waals surface area contributed by atoms with Crippen LogP contribution in [-0.4, -0.2) is 23.3 Å². The number of halogens is 2. The largest absolute Gasteiger partial charge is 0.493 e. The van der Waals surface area contributed by atoms with Gasteiger partial charge in [-0.1, -0.05) is 41.4 Å². The molecule has 0 bridgehead atoms. The van der Waals surface area contributed by atoms with Crippen molar-refractivity contribution < 1.29 is 14.3 Å². The van der Waals surface area contributed by atoms with Gasteiger partial charge in [0.2, 0.25) is 0 Å². The molecule has 0 spiro atoms. The zero-order chi connectivity index (χ0) is 23.1. The standard InChI is InChI=1S/C25H18Cl2N2O3S/c1-13(30)22-19-12-28-11-18(14-8-15(26)10-16(27)9-14)23(19)33-24(22)25(31)29-20-6-7-32-21-5-3-2-4-17(20)21/h2-5,8-12,20H,6-7H2,1H3,(H,29,31)/t20-/m0/s1. The van der Waals surface area contributed by atoms with Gasteiger partial charge in [0.1, 0.15) is 10.6 Å². The molecule has 1 atom stereocenters. The fourth-order valence-electron chi connectivity index (χ4n) is 4.15. The number of hydrogen-bond acceptors (Lipinski definition) is 5. The van der Waals surface area contributed by atoms with Gasteiger partial charge in [0.25, 0.3) is 5.91 Å². The molecule has 1 N–H and O–H groups in total. The summed E-state index contributed by atoms with van der Waals surface area (Å²) in [6.45, 7) is 1.97. The number of benzene rings is 2. The average molecular weight is 497 g/mol. The highest BCUT2D eigenvalue weighted by Crippen LogP contribution is 2.40. The molecule has 1 amide bonds. The van der Waals surface area contributed by atoms with Gasteiger partial charge in [-0.25, -0.2) is 0 Å². The molecule has 5 nitrogen and oxygen atoms in total. The fourth-order valence-corrected chi connectivity index (χ4v) is 5.94. The summed E-state index contributed by atoms with van der Waals surface area (Å²) in [5.41, 5.74) is 2.83. The lowest BCUT2D eigenvalue weighted by molar-refractivity contribution is 0.0918. The van der Waals surface area contributed by atoms with Gasteiger partial charge in [0.05, 0.1) is 18.2 Å². The zero-order valence-electron chi connectivity index (χ0n) is 17.5. The number of hydrogen-bond donors (Lipinski definition) is 1. The second kappa shape index (κ2) is 8.78. The highest BCUT2D eigenvalue weighted by atomic mass is 35.5. The van der Waals surface area contributed by atoms with Gasteiger partial charge in [0.15, 0.2) is 5.78 Å². The van der Waals surface area contributed by atoms with Crippen LogP contribution in [0.1, 0.15) is 45.0 Å². The highest BCUT2D eigenvalue weighted by molar-refractivity contribution is 7.22. The number of nitrogens with one attached hydrogen (secondary N) is 1. The molecule has 0 saturated heterocycles. The fraction of sp³-hybridized carbons (Fsp3) is 0.160. The van der Waals surface area contributed by atoms with Crippen molar-refractivity contribution in [2.75, 3.05) is 6.61 Å². The van der Waals surface area contributed by atoms with Crippen LogP contribution >= 0.6 is 34.5 Å². The maximum absolute atomic E-state index is 13.4. The Labute approximate surface area is 204 Å². The van der Waals surface area contributed by atoms with E-state index in [0.29, 0.717) is 38.9 Å². The lowest BCUT2D eigenvalue weighted by Crippen LogP contribution is -2.32. The first-order valence-corrected chi connectivity index (χ1v) is 11.9. The molecule has 5 rings (SSSR count). The van der Waals surface area contributed by atoms with Crippen molar-refractivity contribution in [1.29, 1.82) is 0 Å². The molecular weight excluding hydrogens is 479 g/mol. The quantitative estimate of drug-likeness (QED) is 0.318. The molecule has 8 heteroatoms. The number of ether oxygens (including phenoxy) is 1. The van der Waals surface area contributed by atoms with Crippen molar-refractivity contribution in [2.24, 2.45) is 0 Å². The van der Waals surface area contributed by atoms with E-state index < -0.39 is 0 Å². The van der Waals surface area contributed by atoms with Gasteiger partial charge < -0.3 is 10.1 Å². The minimum absolute atomic E-state index is 0.193. The number of rotatable bonds is 4. The third kappa shape index (κ3) is 4.10. The van der Waals surface area contributed by atoms with Crippen LogP contribution in [0, 0.1) is 0 Å². The van der Waals surface area contributed by atoms with E-state index in [1.165, 1.54) is 18.3 Å². The minimum Gasteiger partial charge on any atom is -0.493 e. The predicted molar refractivity (Wildman–Crippen MR) is 132 cm³/mol. The first-order chi connectivity index (χ1) is 15.9. The maximum Gasteiger partial charge on any atom is 0.262 e. The number of carbonyl (C=O) groups excluding carboxylic acids is 2. The number of nitrogens with zero attached hydrogens (tertiary/aromatic N) is 1. The third-order valence-electron chi connectivity index (χ3n) is 5.59. The Balaban J connectivity index is 1.59. The Kier molecular flexibility index (Phi) is 5.83. The van der Waals surface area contributed by atoms with Gasteiger partial charge in [-0.05, 0) is 36.8 Å². The van der Waals surface area contributed by atoms with E-state index in [2.05, 4.69) is 10.3 Å². The van der Waals surface area contributed by atoms with Crippen molar-refractivity contribution in [3.05, 3.63) is 80.9 Å². The van der Waals surface area contributed by atoms with E-state index in [-0.39, 0.29) is 17.7 Å². The summed E-state index contributed by atoms with van der Waals surface area (Å²) in [6, 6.07) is 12.7. The topological polar surface area (TPSA) is 68.3 Å². The molecule has 0 aliphatic carbocycles. The monoisotopic (exact) mass is 496 g/mol. The number of aromatic nitrogens is 1. The van der Waals surface area contributed by atoms with Crippen LogP contribution in [0.2, 0.25) is 10.0 Å². The van der Waals surface area contributed by atoms with E-state index in [9.17, 15) is 9.59 Å². The van der Waals surface area contributed by atoms with Crippen LogP contribution in [0.15, 0.2) is 54.9 Å². The molecule has 1 aliphatic rings. The molecule has 0 radical (unpaired) electrons. The Morgan fingerprint density at radius 3 is 2.64 bits per heavy atom. The van der Waals surface area contributed by atoms with Gasteiger partial charge in [-0.15, -0.1) is 11.3 Å². The van der Waals surface area contributed by atoms with Crippen LogP contribution < -0.4 is 10.1 Å². The van der Waals surface area contributed by atoms with Gasteiger partial charge in [-0.2, -0.15) is 0 Å². The number of thiophene rings is 1. The minimum atomic E-state index is -0.293. The lowest BCUT2D eigenvalue weighted by atomic mass is 10.00. The van der Waals surface area contributed by atoms with Crippen LogP contribution in [-0.2, 0) is 0 Å². The molecule has 33 heavy (non-hydrogen) atoms. The Morgan fingerprint density at radius 1 is 1.12 bits per heavy atom. The molecular formula is C25H18Cl2N2O3S. The van der Waals surface area contributed by atoms with Crippen LogP contribution in [0.3, 0.4) is 0 Å². The number of amides is 1. The number of ketones is 1. The molecule has 0 fully saturated rings. The van der Waals surface area contributed by atoms with E-state index in [1.807, 2.05) is 24.3 Å². The van der Waals surface area contributed by atoms with Crippen molar-refractivity contribution in [2.45, 2.75) is 19.4 Å². The van der Waals surface area contributed by atoms with E-state index in [1.54, 1.807) is 30.6 Å². The van der Waals surface area contributed by atoms with Gasteiger partial charge in [-0.3, -0.25) is 14.6 Å². The SMILES string of the molecule is CC(=O)c1c(C(=O)N[C@H]2CCOc3ccccc32)sc2c(-c3cc(Cl)cc(Cl)c3)cncc12. The molecule has 166 valence electrons. The van der Waals surface area contributed by atoms with Crippen LogP contribution in [0.4, 0.5) is 0 Å². The molecule has 0 unspecified atom stereocenters. The Hall–Kier alpha value is -2.93. The molecule has 0 saturated carbocycles. The summed E-state index contributed by atoms with van der Waals surface area (Å²) in [5, 5.41) is 4.73. The maximum atomic E-state index is 13.4. The highest BCUT2D eigenvalue weighted by Gasteiger charge is 2.28. The van der Waals surface area contributed by atoms with Crippen molar-refractivity contribution in [3.63, 3.8) is 0 Å². The second-order valence-corrected chi connectivity index (χ2v) is 9.68. The number of Topliss-reactive ketones (excluding diaryl/α,β-unsaturated/α-hetero) is 1. The van der Waals surface area contributed by atoms with E-state index >= 15 is 0 Å². The van der Waals surface area contributed by atoms with Crippen LogP contribution in [0.5, 0.6) is 5.75 Å². The van der Waals surface area contributed by atoms with Gasteiger partial charge >= 0.3 is 0 Å². The second-order valence-electron chi connectivity index (χ2n) is 7.79. The van der Waals surface area contributed by atoms with Crippen molar-refractivity contribution in [3.8, 4) is 16.9 Å². The number of para-hydroxylation sites is 1.